The first-order chi connectivity index (χ1) is 13.6. The number of anilines is 1. The topological polar surface area (TPSA) is 81.1 Å². The number of amides is 1. The van der Waals surface area contributed by atoms with Crippen LogP contribution in [0.1, 0.15) is 18.4 Å². The van der Waals surface area contributed by atoms with E-state index in [2.05, 4.69) is 20.7 Å². The summed E-state index contributed by atoms with van der Waals surface area (Å²) in [5, 5.41) is 13.1. The van der Waals surface area contributed by atoms with Gasteiger partial charge in [0.15, 0.2) is 5.13 Å². The second-order valence-corrected chi connectivity index (χ2v) is 7.66. The molecule has 2 N–H and O–H groups in total. The molecule has 1 saturated heterocycles. The normalized spacial score (nSPS) is 18.9. The molecule has 2 aromatic heterocycles. The van der Waals surface area contributed by atoms with E-state index in [1.807, 2.05) is 56.0 Å². The summed E-state index contributed by atoms with van der Waals surface area (Å²) in [4.78, 5) is 17.4. The predicted octanol–water partition coefficient (Wildman–Crippen LogP) is 2.88. The molecular formula is C20H23N5O2S. The van der Waals surface area contributed by atoms with Crippen LogP contribution in [-0.4, -0.2) is 40.4 Å². The zero-order valence-electron chi connectivity index (χ0n) is 15.9. The molecular weight excluding hydrogens is 374 g/mol. The van der Waals surface area contributed by atoms with Gasteiger partial charge in [0.2, 0.25) is 5.91 Å². The van der Waals surface area contributed by atoms with Gasteiger partial charge in [0.1, 0.15) is 5.75 Å². The van der Waals surface area contributed by atoms with Crippen LogP contribution in [0.25, 0.3) is 11.3 Å². The number of carbonyl (C=O) groups is 1. The molecule has 1 fully saturated rings. The molecule has 4 rings (SSSR count). The number of carbonyl (C=O) groups excluding carboxylic acids is 1. The molecule has 0 unspecified atom stereocenters. The lowest BCUT2D eigenvalue weighted by atomic mass is 9.90. The SMILES string of the molecule is CCOc1ccc(-c2csc(NC(=O)[C@H]3CNC[C@@H]3c3cnn(C)c3)n2)cc1. The minimum absolute atomic E-state index is 0.00792. The lowest BCUT2D eigenvalue weighted by molar-refractivity contribution is -0.119. The number of thiazole rings is 1. The van der Waals surface area contributed by atoms with Crippen molar-refractivity contribution in [3.63, 3.8) is 0 Å². The van der Waals surface area contributed by atoms with E-state index in [0.29, 0.717) is 18.3 Å². The van der Waals surface area contributed by atoms with Gasteiger partial charge in [-0.3, -0.25) is 9.48 Å². The fraction of sp³-hybridized carbons (Fsp3) is 0.350. The van der Waals surface area contributed by atoms with E-state index in [0.717, 1.165) is 29.1 Å². The highest BCUT2D eigenvalue weighted by Crippen LogP contribution is 2.31. The van der Waals surface area contributed by atoms with Gasteiger partial charge in [-0.05, 0) is 36.8 Å². The summed E-state index contributed by atoms with van der Waals surface area (Å²) in [5.74, 6) is 0.817. The van der Waals surface area contributed by atoms with E-state index in [1.165, 1.54) is 11.3 Å². The van der Waals surface area contributed by atoms with Crippen LogP contribution < -0.4 is 15.4 Å². The van der Waals surface area contributed by atoms with E-state index < -0.39 is 0 Å². The maximum absolute atomic E-state index is 12.8. The van der Waals surface area contributed by atoms with Gasteiger partial charge in [-0.15, -0.1) is 11.3 Å². The number of hydrogen-bond acceptors (Lipinski definition) is 6. The maximum Gasteiger partial charge on any atom is 0.231 e. The lowest BCUT2D eigenvalue weighted by Gasteiger charge is -2.15. The van der Waals surface area contributed by atoms with E-state index in [1.54, 1.807) is 4.68 Å². The molecule has 0 saturated carbocycles. The zero-order chi connectivity index (χ0) is 19.5. The molecule has 28 heavy (non-hydrogen) atoms. The lowest BCUT2D eigenvalue weighted by Crippen LogP contribution is -2.28. The van der Waals surface area contributed by atoms with E-state index in [-0.39, 0.29) is 17.7 Å². The third kappa shape index (κ3) is 3.93. The van der Waals surface area contributed by atoms with Crippen molar-refractivity contribution in [1.29, 1.82) is 0 Å². The van der Waals surface area contributed by atoms with Crippen molar-refractivity contribution in [2.24, 2.45) is 13.0 Å². The number of aromatic nitrogens is 3. The second-order valence-electron chi connectivity index (χ2n) is 6.80. The van der Waals surface area contributed by atoms with Crippen molar-refractivity contribution in [2.45, 2.75) is 12.8 Å². The largest absolute Gasteiger partial charge is 0.494 e. The van der Waals surface area contributed by atoms with Crippen molar-refractivity contribution in [1.82, 2.24) is 20.1 Å². The number of hydrogen-bond donors (Lipinski definition) is 2. The van der Waals surface area contributed by atoms with Crippen LogP contribution in [-0.2, 0) is 11.8 Å². The minimum Gasteiger partial charge on any atom is -0.494 e. The molecule has 7 nitrogen and oxygen atoms in total. The molecule has 3 heterocycles. The van der Waals surface area contributed by atoms with E-state index >= 15 is 0 Å². The monoisotopic (exact) mass is 397 g/mol. The van der Waals surface area contributed by atoms with Crippen molar-refractivity contribution in [3.8, 4) is 17.0 Å². The van der Waals surface area contributed by atoms with Gasteiger partial charge in [0.25, 0.3) is 0 Å². The Bertz CT molecular complexity index is 950. The Hall–Kier alpha value is -2.71. The average Bonchev–Trinajstić information content (AvgIpc) is 3.43. The summed E-state index contributed by atoms with van der Waals surface area (Å²) >= 11 is 1.44. The third-order valence-electron chi connectivity index (χ3n) is 4.90. The summed E-state index contributed by atoms with van der Waals surface area (Å²) in [6, 6.07) is 7.81. The first-order valence-electron chi connectivity index (χ1n) is 9.33. The summed E-state index contributed by atoms with van der Waals surface area (Å²) in [6.07, 6.45) is 3.82. The highest BCUT2D eigenvalue weighted by molar-refractivity contribution is 7.14. The Morgan fingerprint density at radius 1 is 1.36 bits per heavy atom. The van der Waals surface area contributed by atoms with Crippen LogP contribution in [0.3, 0.4) is 0 Å². The van der Waals surface area contributed by atoms with Gasteiger partial charge in [0, 0.05) is 43.2 Å². The highest BCUT2D eigenvalue weighted by atomic mass is 32.1. The first-order valence-corrected chi connectivity index (χ1v) is 10.2. The summed E-state index contributed by atoms with van der Waals surface area (Å²) < 4.78 is 7.24. The van der Waals surface area contributed by atoms with Crippen LogP contribution in [0, 0.1) is 5.92 Å². The first kappa shape index (κ1) is 18.6. The molecule has 146 valence electrons. The maximum atomic E-state index is 12.8. The number of benzene rings is 1. The van der Waals surface area contributed by atoms with Crippen LogP contribution >= 0.6 is 11.3 Å². The molecule has 0 spiro atoms. The van der Waals surface area contributed by atoms with Gasteiger partial charge < -0.3 is 15.4 Å². The summed E-state index contributed by atoms with van der Waals surface area (Å²) in [6.45, 7) is 4.03. The number of nitrogens with zero attached hydrogens (tertiary/aromatic N) is 3. The summed E-state index contributed by atoms with van der Waals surface area (Å²) in [5.41, 5.74) is 2.93. The minimum atomic E-state index is -0.137. The Balaban J connectivity index is 1.43. The molecule has 1 aliphatic rings. The molecule has 1 aliphatic heterocycles. The van der Waals surface area contributed by atoms with Crippen LogP contribution in [0.15, 0.2) is 42.0 Å². The fourth-order valence-corrected chi connectivity index (χ4v) is 4.21. The number of aryl methyl sites for hydroxylation is 1. The Morgan fingerprint density at radius 3 is 2.89 bits per heavy atom. The Labute approximate surface area is 167 Å². The quantitative estimate of drug-likeness (QED) is 0.668. The fourth-order valence-electron chi connectivity index (χ4n) is 3.49. The Kier molecular flexibility index (Phi) is 5.40. The van der Waals surface area contributed by atoms with Crippen molar-refractivity contribution >= 4 is 22.4 Å². The molecule has 0 radical (unpaired) electrons. The Morgan fingerprint density at radius 2 is 2.18 bits per heavy atom. The number of nitrogens with one attached hydrogen (secondary N) is 2. The van der Waals surface area contributed by atoms with E-state index in [9.17, 15) is 4.79 Å². The van der Waals surface area contributed by atoms with Gasteiger partial charge in [-0.2, -0.15) is 5.10 Å². The molecule has 2 atom stereocenters. The van der Waals surface area contributed by atoms with Gasteiger partial charge in [-0.1, -0.05) is 0 Å². The molecule has 3 aromatic rings. The highest BCUT2D eigenvalue weighted by Gasteiger charge is 2.35. The number of ether oxygens (including phenoxy) is 1. The molecule has 0 bridgehead atoms. The third-order valence-corrected chi connectivity index (χ3v) is 5.66. The second kappa shape index (κ2) is 8.12. The van der Waals surface area contributed by atoms with Crippen LogP contribution in [0.4, 0.5) is 5.13 Å². The zero-order valence-corrected chi connectivity index (χ0v) is 16.7. The summed E-state index contributed by atoms with van der Waals surface area (Å²) in [7, 11) is 1.89. The van der Waals surface area contributed by atoms with Crippen LogP contribution in [0.2, 0.25) is 0 Å². The average molecular weight is 398 g/mol. The van der Waals surface area contributed by atoms with Crippen molar-refractivity contribution in [3.05, 3.63) is 47.6 Å². The van der Waals surface area contributed by atoms with Gasteiger partial charge in [0.05, 0.1) is 24.4 Å². The van der Waals surface area contributed by atoms with Crippen molar-refractivity contribution < 1.29 is 9.53 Å². The smallest absolute Gasteiger partial charge is 0.231 e. The number of rotatable bonds is 6. The predicted molar refractivity (Wildman–Crippen MR) is 110 cm³/mol. The molecule has 0 aliphatic carbocycles. The van der Waals surface area contributed by atoms with Crippen molar-refractivity contribution in [2.75, 3.05) is 25.0 Å². The van der Waals surface area contributed by atoms with E-state index in [4.69, 9.17) is 4.74 Å². The molecule has 1 amide bonds. The van der Waals surface area contributed by atoms with Gasteiger partial charge in [-0.25, -0.2) is 4.98 Å². The molecule has 8 heteroatoms. The molecule has 1 aromatic carbocycles. The van der Waals surface area contributed by atoms with Gasteiger partial charge >= 0.3 is 0 Å². The van der Waals surface area contributed by atoms with Crippen LogP contribution in [0.5, 0.6) is 5.75 Å². The standard InChI is InChI=1S/C20H23N5O2S/c1-3-27-15-6-4-13(5-7-15)18-12-28-20(23-18)24-19(26)17-10-21-9-16(17)14-8-22-25(2)11-14/h4-8,11-12,16-17,21H,3,9-10H2,1-2H3,(H,23,24,26)/t16-,17+/m1/s1.